The normalized spacial score (nSPS) is 16.8. The highest BCUT2D eigenvalue weighted by Crippen LogP contribution is 2.41. The van der Waals surface area contributed by atoms with E-state index in [1.165, 1.54) is 18.2 Å². The average Bonchev–Trinajstić information content (AvgIpc) is 2.96. The van der Waals surface area contributed by atoms with Crippen LogP contribution in [-0.4, -0.2) is 27.8 Å². The Labute approximate surface area is 165 Å². The number of ether oxygens (including phenoxy) is 1. The van der Waals surface area contributed by atoms with Crippen LogP contribution in [0.4, 0.5) is 10.1 Å². The Morgan fingerprint density at radius 1 is 1.21 bits per heavy atom. The first-order valence-corrected chi connectivity index (χ1v) is 9.36. The number of aliphatic hydroxyl groups is 1. The number of halogens is 1. The third-order valence-corrected chi connectivity index (χ3v) is 5.02. The number of phenolic OH excluding ortho intramolecular Hbond substituents is 1. The predicted octanol–water partition coefficient (Wildman–Crippen LogP) is 5.03. The number of phenols is 1. The summed E-state index contributed by atoms with van der Waals surface area (Å²) in [6.07, 6.45) is 1.55. The Balaban J connectivity index is 2.10. The number of aryl methyl sites for hydroxylation is 1. The molecule has 0 unspecified atom stereocenters. The molecule has 2 aromatic rings. The lowest BCUT2D eigenvalue weighted by Gasteiger charge is -2.04. The molecule has 0 saturated heterocycles. The summed E-state index contributed by atoms with van der Waals surface area (Å²) in [5, 5.41) is 21.0. The zero-order valence-corrected chi connectivity index (χ0v) is 16.1. The Hall–Kier alpha value is -3.06. The van der Waals surface area contributed by atoms with Gasteiger partial charge in [0.1, 0.15) is 33.6 Å². The summed E-state index contributed by atoms with van der Waals surface area (Å²) in [7, 11) is 0. The molecule has 2 N–H and O–H groups in total. The number of carbonyl (C=O) groups is 1. The lowest BCUT2D eigenvalue weighted by Crippen LogP contribution is -2.12. The Morgan fingerprint density at radius 3 is 2.68 bits per heavy atom. The van der Waals surface area contributed by atoms with Crippen LogP contribution in [0.1, 0.15) is 18.1 Å². The highest BCUT2D eigenvalue weighted by molar-refractivity contribution is 8.18. The lowest BCUT2D eigenvalue weighted by molar-refractivity contribution is -0.138. The molecule has 7 heteroatoms. The van der Waals surface area contributed by atoms with Crippen molar-refractivity contribution in [2.24, 2.45) is 4.99 Å². The van der Waals surface area contributed by atoms with E-state index in [4.69, 9.17) is 4.74 Å². The van der Waals surface area contributed by atoms with Crippen LogP contribution in [-0.2, 0) is 9.53 Å². The highest BCUT2D eigenvalue weighted by Gasteiger charge is 2.33. The second-order valence-corrected chi connectivity index (χ2v) is 6.97. The van der Waals surface area contributed by atoms with Crippen LogP contribution >= 0.6 is 11.8 Å². The maximum absolute atomic E-state index is 14.0. The first-order valence-electron chi connectivity index (χ1n) is 8.54. The average molecular weight is 399 g/mol. The van der Waals surface area contributed by atoms with Crippen molar-refractivity contribution >= 4 is 34.5 Å². The number of nitrogens with zero attached hydrogens (tertiary/aromatic N) is 1. The third-order valence-electron chi connectivity index (χ3n) is 4.00. The van der Waals surface area contributed by atoms with Gasteiger partial charge < -0.3 is 14.9 Å². The minimum absolute atomic E-state index is 0.0410. The molecule has 0 bridgehead atoms. The van der Waals surface area contributed by atoms with Crippen molar-refractivity contribution in [2.45, 2.75) is 13.8 Å². The molecule has 0 spiro atoms. The maximum atomic E-state index is 14.0. The summed E-state index contributed by atoms with van der Waals surface area (Å²) < 4.78 is 19.0. The molecule has 0 fully saturated rings. The molecule has 1 heterocycles. The number of aliphatic imine (C=N–C) groups is 1. The van der Waals surface area contributed by atoms with E-state index in [1.807, 2.05) is 0 Å². The molecule has 1 aliphatic rings. The minimum Gasteiger partial charge on any atom is -0.507 e. The lowest BCUT2D eigenvalue weighted by atomic mass is 10.1. The van der Waals surface area contributed by atoms with Gasteiger partial charge >= 0.3 is 5.97 Å². The zero-order chi connectivity index (χ0) is 20.3. The molecule has 2 aromatic carbocycles. The third kappa shape index (κ3) is 3.94. The van der Waals surface area contributed by atoms with Gasteiger partial charge in [0.05, 0.1) is 11.5 Å². The summed E-state index contributed by atoms with van der Waals surface area (Å²) in [4.78, 5) is 16.9. The second-order valence-electron chi connectivity index (χ2n) is 5.94. The molecule has 1 aliphatic heterocycles. The van der Waals surface area contributed by atoms with Crippen molar-refractivity contribution in [1.82, 2.24) is 0 Å². The van der Waals surface area contributed by atoms with Crippen LogP contribution in [0.25, 0.3) is 6.08 Å². The summed E-state index contributed by atoms with van der Waals surface area (Å²) >= 11 is 1.00. The molecule has 28 heavy (non-hydrogen) atoms. The SMILES string of the molecule is CCOC(=O)C1=C(O)/C(=C\c2cccc(C)c2O)SC1=Nc1ccccc1F. The van der Waals surface area contributed by atoms with E-state index in [9.17, 15) is 19.4 Å². The van der Waals surface area contributed by atoms with Crippen molar-refractivity contribution in [2.75, 3.05) is 6.61 Å². The Kier molecular flexibility index (Phi) is 5.84. The molecule has 0 saturated carbocycles. The van der Waals surface area contributed by atoms with E-state index in [2.05, 4.69) is 4.99 Å². The monoisotopic (exact) mass is 399 g/mol. The molecule has 0 aromatic heterocycles. The van der Waals surface area contributed by atoms with E-state index < -0.39 is 11.8 Å². The van der Waals surface area contributed by atoms with Crippen LogP contribution < -0.4 is 0 Å². The smallest absolute Gasteiger partial charge is 0.344 e. The maximum Gasteiger partial charge on any atom is 0.344 e. The van der Waals surface area contributed by atoms with Crippen molar-refractivity contribution in [1.29, 1.82) is 0 Å². The van der Waals surface area contributed by atoms with Crippen LogP contribution in [0, 0.1) is 12.7 Å². The molecule has 3 rings (SSSR count). The Bertz CT molecular complexity index is 1030. The van der Waals surface area contributed by atoms with E-state index in [1.54, 1.807) is 44.2 Å². The largest absolute Gasteiger partial charge is 0.507 e. The van der Waals surface area contributed by atoms with E-state index in [-0.39, 0.29) is 34.4 Å². The van der Waals surface area contributed by atoms with E-state index in [0.29, 0.717) is 16.0 Å². The standard InChI is InChI=1S/C21H18FNO4S/c1-3-27-21(26)17-19(25)16(11-13-8-6-7-12(2)18(13)24)28-20(17)23-15-10-5-4-9-14(15)22/h4-11,24-25H,3H2,1-2H3/b16-11+,23-20?. The van der Waals surface area contributed by atoms with Gasteiger partial charge in [-0.1, -0.05) is 42.1 Å². The highest BCUT2D eigenvalue weighted by atomic mass is 32.2. The topological polar surface area (TPSA) is 79.1 Å². The summed E-state index contributed by atoms with van der Waals surface area (Å²) in [5.74, 6) is -1.55. The zero-order valence-electron chi connectivity index (χ0n) is 15.3. The first kappa shape index (κ1) is 19.7. The molecule has 0 atom stereocenters. The number of hydrogen-bond donors (Lipinski definition) is 2. The van der Waals surface area contributed by atoms with Crippen LogP contribution in [0.3, 0.4) is 0 Å². The number of hydrogen-bond acceptors (Lipinski definition) is 6. The fourth-order valence-electron chi connectivity index (χ4n) is 2.58. The van der Waals surface area contributed by atoms with Crippen molar-refractivity contribution in [3.8, 4) is 5.75 Å². The number of para-hydroxylation sites is 2. The van der Waals surface area contributed by atoms with Gasteiger partial charge in [0, 0.05) is 5.56 Å². The molecule has 144 valence electrons. The van der Waals surface area contributed by atoms with E-state index in [0.717, 1.165) is 11.8 Å². The van der Waals surface area contributed by atoms with Gasteiger partial charge in [-0.25, -0.2) is 14.2 Å². The number of benzene rings is 2. The first-order chi connectivity index (χ1) is 13.4. The van der Waals surface area contributed by atoms with Gasteiger partial charge in [-0.2, -0.15) is 0 Å². The predicted molar refractivity (Wildman–Crippen MR) is 108 cm³/mol. The van der Waals surface area contributed by atoms with Gasteiger partial charge in [-0.3, -0.25) is 0 Å². The number of esters is 1. The fourth-order valence-corrected chi connectivity index (χ4v) is 3.60. The van der Waals surface area contributed by atoms with Crippen molar-refractivity contribution in [3.63, 3.8) is 0 Å². The second kappa shape index (κ2) is 8.31. The van der Waals surface area contributed by atoms with Gasteiger partial charge in [-0.15, -0.1) is 0 Å². The quantitative estimate of drug-likeness (QED) is 0.705. The number of carbonyl (C=O) groups excluding carboxylic acids is 1. The Morgan fingerprint density at radius 2 is 1.96 bits per heavy atom. The minimum atomic E-state index is -0.751. The van der Waals surface area contributed by atoms with Gasteiger partial charge in [0.2, 0.25) is 0 Å². The molecule has 5 nitrogen and oxygen atoms in total. The van der Waals surface area contributed by atoms with Crippen LogP contribution in [0.15, 0.2) is 63.7 Å². The number of aromatic hydroxyl groups is 1. The van der Waals surface area contributed by atoms with Gasteiger partial charge in [0.25, 0.3) is 0 Å². The fraction of sp³-hybridized carbons (Fsp3) is 0.143. The molecule has 0 amide bonds. The molecule has 0 radical (unpaired) electrons. The van der Waals surface area contributed by atoms with Gasteiger partial charge in [0.15, 0.2) is 0 Å². The summed E-state index contributed by atoms with van der Waals surface area (Å²) in [5.41, 5.74) is 1.06. The summed E-state index contributed by atoms with van der Waals surface area (Å²) in [6.45, 7) is 3.52. The van der Waals surface area contributed by atoms with Crippen molar-refractivity contribution in [3.05, 3.63) is 75.6 Å². The van der Waals surface area contributed by atoms with Crippen LogP contribution in [0.2, 0.25) is 0 Å². The number of rotatable bonds is 4. The number of thioether (sulfide) groups is 1. The van der Waals surface area contributed by atoms with Gasteiger partial charge in [-0.05, 0) is 37.6 Å². The summed E-state index contributed by atoms with van der Waals surface area (Å²) in [6, 6.07) is 11.1. The van der Waals surface area contributed by atoms with Crippen LogP contribution in [0.5, 0.6) is 5.75 Å². The van der Waals surface area contributed by atoms with Crippen molar-refractivity contribution < 1.29 is 24.1 Å². The molecule has 0 aliphatic carbocycles. The molecular formula is C21H18FNO4S. The van der Waals surface area contributed by atoms with E-state index >= 15 is 0 Å². The molecular weight excluding hydrogens is 381 g/mol. The number of aliphatic hydroxyl groups excluding tert-OH is 1.